The van der Waals surface area contributed by atoms with Crippen LogP contribution < -0.4 is 16.0 Å². The van der Waals surface area contributed by atoms with E-state index in [-0.39, 0.29) is 36.4 Å². The number of Topliss-reactive ketones (excluding diaryl/α,β-unsaturated/α-hetero) is 2. The van der Waals surface area contributed by atoms with Crippen molar-refractivity contribution >= 4 is 28.9 Å². The van der Waals surface area contributed by atoms with Gasteiger partial charge in [-0.15, -0.1) is 0 Å². The summed E-state index contributed by atoms with van der Waals surface area (Å²) in [4.78, 5) is 42.6. The predicted molar refractivity (Wildman–Crippen MR) is 135 cm³/mol. The van der Waals surface area contributed by atoms with E-state index < -0.39 is 65.0 Å². The zero-order valence-corrected chi connectivity index (χ0v) is 21.3. The maximum atomic E-state index is 13.8. The van der Waals surface area contributed by atoms with E-state index in [1.54, 1.807) is 25.1 Å². The van der Waals surface area contributed by atoms with Crippen molar-refractivity contribution in [1.29, 1.82) is 0 Å². The number of allylic oxidation sites excluding steroid dienone is 1. The number of nitrogens with zero attached hydrogens (tertiary/aromatic N) is 2. The van der Waals surface area contributed by atoms with Gasteiger partial charge < -0.3 is 31.3 Å². The number of halogens is 1. The molecule has 200 valence electrons. The summed E-state index contributed by atoms with van der Waals surface area (Å²) in [6.45, 7) is -0.356. The molecule has 1 fully saturated rings. The Morgan fingerprint density at radius 1 is 1.16 bits per heavy atom. The molecule has 4 rings (SSSR count). The average molecular weight is 517 g/mol. The topological polar surface area (TPSA) is 156 Å². The molecule has 1 aromatic carbocycles. The van der Waals surface area contributed by atoms with Crippen LogP contribution in [0, 0.1) is 17.8 Å². The Morgan fingerprint density at radius 3 is 2.41 bits per heavy atom. The minimum Gasteiger partial charge on any atom is -0.510 e. The molecule has 6 N–H and O–H groups in total. The molecule has 0 aromatic heterocycles. The lowest BCUT2D eigenvalue weighted by Crippen LogP contribution is -2.55. The van der Waals surface area contributed by atoms with Crippen LogP contribution in [0.1, 0.15) is 23.1 Å². The van der Waals surface area contributed by atoms with Gasteiger partial charge in [0, 0.05) is 44.0 Å². The number of primary amides is 1. The Hall–Kier alpha value is -3.44. The van der Waals surface area contributed by atoms with E-state index in [2.05, 4.69) is 5.32 Å². The molecular weight excluding hydrogens is 483 g/mol. The fourth-order valence-corrected chi connectivity index (χ4v) is 6.19. The minimum atomic E-state index is -1.30. The van der Waals surface area contributed by atoms with Crippen LogP contribution in [0.5, 0.6) is 5.75 Å². The number of likely N-dealkylation sites (N-methyl/N-ethyl adjacent to an activating group) is 1. The third-order valence-corrected chi connectivity index (χ3v) is 7.69. The molecule has 3 aliphatic carbocycles. The SMILES string of the molecule is CN(C)c1cc(CNCCF)c(O)c2c1CC1CC3C(C(=O)C(C(N)=O)=C(O)[C@@H]3N(C)C)C(=O)C1=C2O. The summed E-state index contributed by atoms with van der Waals surface area (Å²) >= 11 is 0. The van der Waals surface area contributed by atoms with Gasteiger partial charge in [-0.3, -0.25) is 19.3 Å². The molecule has 1 amide bonds. The maximum Gasteiger partial charge on any atom is 0.255 e. The largest absolute Gasteiger partial charge is 0.510 e. The minimum absolute atomic E-state index is 0.0266. The van der Waals surface area contributed by atoms with Crippen LogP contribution in [0.25, 0.3) is 5.76 Å². The fraction of sp³-hybridized carbons (Fsp3) is 0.500. The first-order valence-electron chi connectivity index (χ1n) is 12.1. The molecule has 0 saturated heterocycles. The number of aromatic hydroxyl groups is 1. The van der Waals surface area contributed by atoms with Crippen LogP contribution in [-0.2, 0) is 27.3 Å². The van der Waals surface area contributed by atoms with Crippen LogP contribution in [0.2, 0.25) is 0 Å². The number of carbonyl (C=O) groups is 3. The molecule has 0 heterocycles. The van der Waals surface area contributed by atoms with E-state index >= 15 is 0 Å². The second-order valence-electron chi connectivity index (χ2n) is 10.3. The number of nitrogens with one attached hydrogen (secondary N) is 1. The summed E-state index contributed by atoms with van der Waals surface area (Å²) in [6, 6.07) is 0.982. The van der Waals surface area contributed by atoms with Gasteiger partial charge in [0.05, 0.1) is 17.5 Å². The Bertz CT molecular complexity index is 1240. The first-order valence-corrected chi connectivity index (χ1v) is 12.1. The van der Waals surface area contributed by atoms with Crippen molar-refractivity contribution in [3.8, 4) is 5.75 Å². The number of carbonyl (C=O) groups excluding carboxylic acids is 3. The number of benzene rings is 1. The first kappa shape index (κ1) is 26.6. The number of fused-ring (bicyclic) bond motifs is 3. The van der Waals surface area contributed by atoms with Crippen LogP contribution in [0.4, 0.5) is 10.1 Å². The molecule has 0 radical (unpaired) electrons. The molecule has 1 saturated carbocycles. The summed E-state index contributed by atoms with van der Waals surface area (Å²) in [5.74, 6) is -6.10. The fourth-order valence-electron chi connectivity index (χ4n) is 6.19. The highest BCUT2D eigenvalue weighted by molar-refractivity contribution is 6.28. The van der Waals surface area contributed by atoms with Crippen molar-refractivity contribution < 1.29 is 34.1 Å². The number of rotatable bonds is 7. The number of nitrogens with two attached hydrogens (primary N) is 1. The van der Waals surface area contributed by atoms with Crippen molar-refractivity contribution in [2.45, 2.75) is 25.4 Å². The lowest BCUT2D eigenvalue weighted by Gasteiger charge is -2.46. The van der Waals surface area contributed by atoms with Gasteiger partial charge in [0.15, 0.2) is 11.6 Å². The van der Waals surface area contributed by atoms with Gasteiger partial charge in [-0.25, -0.2) is 4.39 Å². The van der Waals surface area contributed by atoms with Gasteiger partial charge in [0.2, 0.25) is 0 Å². The smallest absolute Gasteiger partial charge is 0.255 e. The normalized spacial score (nSPS) is 25.2. The second kappa shape index (κ2) is 9.79. The highest BCUT2D eigenvalue weighted by atomic mass is 19.1. The van der Waals surface area contributed by atoms with Gasteiger partial charge in [-0.1, -0.05) is 0 Å². The number of alkyl halides is 1. The molecule has 3 aliphatic rings. The lowest BCUT2D eigenvalue weighted by atomic mass is 9.59. The van der Waals surface area contributed by atoms with Gasteiger partial charge in [0.25, 0.3) is 5.91 Å². The standard InChI is InChI=1S/C26H33FN4O6/c1-30(2)15-9-12(10-29-6-5-27)21(32)17-13(15)7-11-8-14-18(23(34)16(11)22(17)33)24(35)19(26(28)37)25(36)20(14)31(3)4/h9,11,14,18,20,29,32-33,36H,5-8,10H2,1-4H3,(H2,28,37)/t11?,14?,18?,20-/m1/s1. The van der Waals surface area contributed by atoms with Crippen molar-refractivity contribution in [3.63, 3.8) is 0 Å². The van der Waals surface area contributed by atoms with Crippen molar-refractivity contribution in [3.05, 3.63) is 39.7 Å². The number of hydrogen-bond acceptors (Lipinski definition) is 9. The lowest BCUT2D eigenvalue weighted by molar-refractivity contribution is -0.136. The van der Waals surface area contributed by atoms with E-state index in [0.717, 1.165) is 5.69 Å². The van der Waals surface area contributed by atoms with E-state index in [0.29, 0.717) is 17.5 Å². The number of aliphatic hydroxyl groups excluding tert-OH is 2. The molecule has 3 unspecified atom stereocenters. The Balaban J connectivity index is 1.88. The van der Waals surface area contributed by atoms with Crippen molar-refractivity contribution in [2.75, 3.05) is 46.3 Å². The zero-order chi connectivity index (χ0) is 27.3. The van der Waals surface area contributed by atoms with Gasteiger partial charge >= 0.3 is 0 Å². The molecule has 10 nitrogen and oxygen atoms in total. The third kappa shape index (κ3) is 4.15. The summed E-state index contributed by atoms with van der Waals surface area (Å²) in [6.07, 6.45) is 0.595. The number of phenolic OH excluding ortho intramolecular Hbond substituents is 1. The van der Waals surface area contributed by atoms with Gasteiger partial charge in [-0.05, 0) is 50.4 Å². The molecule has 37 heavy (non-hydrogen) atoms. The van der Waals surface area contributed by atoms with Crippen molar-refractivity contribution in [1.82, 2.24) is 10.2 Å². The number of hydrogen-bond donors (Lipinski definition) is 5. The second-order valence-corrected chi connectivity index (χ2v) is 10.3. The van der Waals surface area contributed by atoms with Gasteiger partial charge in [-0.2, -0.15) is 0 Å². The third-order valence-electron chi connectivity index (χ3n) is 7.69. The number of aliphatic hydroxyl groups is 2. The Labute approximate surface area is 214 Å². The maximum absolute atomic E-state index is 13.8. The molecule has 1 aromatic rings. The van der Waals surface area contributed by atoms with E-state index in [4.69, 9.17) is 5.73 Å². The van der Waals surface area contributed by atoms with Crippen LogP contribution in [-0.4, -0.2) is 85.1 Å². The quantitative estimate of drug-likeness (QED) is 0.202. The number of anilines is 1. The van der Waals surface area contributed by atoms with Crippen LogP contribution >= 0.6 is 0 Å². The monoisotopic (exact) mass is 516 g/mol. The van der Waals surface area contributed by atoms with E-state index in [1.165, 1.54) is 0 Å². The summed E-state index contributed by atoms with van der Waals surface area (Å²) < 4.78 is 12.6. The zero-order valence-electron chi connectivity index (χ0n) is 21.3. The molecule has 11 heteroatoms. The first-order chi connectivity index (χ1) is 17.4. The van der Waals surface area contributed by atoms with Crippen molar-refractivity contribution in [2.24, 2.45) is 23.5 Å². The van der Waals surface area contributed by atoms with E-state index in [1.807, 2.05) is 19.0 Å². The van der Waals surface area contributed by atoms with Crippen LogP contribution in [0.3, 0.4) is 0 Å². The van der Waals surface area contributed by atoms with E-state index in [9.17, 15) is 34.1 Å². The predicted octanol–water partition coefficient (Wildman–Crippen LogP) is 0.974. The summed E-state index contributed by atoms with van der Waals surface area (Å²) in [5, 5.41) is 36.2. The van der Waals surface area contributed by atoms with Gasteiger partial charge in [0.1, 0.15) is 29.5 Å². The highest BCUT2D eigenvalue weighted by Gasteiger charge is 2.55. The van der Waals surface area contributed by atoms with Crippen LogP contribution in [0.15, 0.2) is 23.0 Å². The number of phenols is 1. The molecule has 0 aliphatic heterocycles. The molecule has 0 bridgehead atoms. The Kier molecular flexibility index (Phi) is 7.04. The summed E-state index contributed by atoms with van der Waals surface area (Å²) in [7, 11) is 6.99. The average Bonchev–Trinajstić information content (AvgIpc) is 2.79. The molecular formula is C26H33FN4O6. The summed E-state index contributed by atoms with van der Waals surface area (Å²) in [5.41, 5.74) is 6.74. The molecule has 0 spiro atoms. The number of ketones is 2. The highest BCUT2D eigenvalue weighted by Crippen LogP contribution is 2.52. The number of amides is 1. The Morgan fingerprint density at radius 2 is 1.84 bits per heavy atom. The molecule has 4 atom stereocenters.